The van der Waals surface area contributed by atoms with Crippen molar-refractivity contribution in [3.05, 3.63) is 0 Å². The highest BCUT2D eigenvalue weighted by Crippen LogP contribution is 2.28. The number of ether oxygens (including phenoxy) is 1. The number of carbonyl (C=O) groups excluding carboxylic acids is 1. The van der Waals surface area contributed by atoms with E-state index in [0.717, 1.165) is 0 Å². The lowest BCUT2D eigenvalue weighted by molar-refractivity contribution is -0.137. The third-order valence-corrected chi connectivity index (χ3v) is 3.56. The Morgan fingerprint density at radius 3 is 2.48 bits per heavy atom. The van der Waals surface area contributed by atoms with Gasteiger partial charge in [0, 0.05) is 25.6 Å². The van der Waals surface area contributed by atoms with E-state index in [1.165, 1.54) is 0 Å². The molecule has 1 aliphatic heterocycles. The maximum absolute atomic E-state index is 12.3. The Bertz CT molecular complexity index is 353. The van der Waals surface area contributed by atoms with Gasteiger partial charge in [-0.2, -0.15) is 13.2 Å². The number of hydrogen-bond donors (Lipinski definition) is 1. The average molecular weight is 310 g/mol. The SMILES string of the molecule is CNC(CCC(F)(F)F)C1CCN(C(=O)OC(C)(C)C)C1. The van der Waals surface area contributed by atoms with Crippen molar-refractivity contribution in [3.63, 3.8) is 0 Å². The van der Waals surface area contributed by atoms with Crippen molar-refractivity contribution in [2.45, 2.75) is 57.9 Å². The molecule has 0 radical (unpaired) electrons. The molecular weight excluding hydrogens is 285 g/mol. The number of nitrogens with one attached hydrogen (secondary N) is 1. The topological polar surface area (TPSA) is 41.6 Å². The Morgan fingerprint density at radius 1 is 1.38 bits per heavy atom. The first kappa shape index (κ1) is 18.1. The number of likely N-dealkylation sites (tertiary alicyclic amines) is 1. The van der Waals surface area contributed by atoms with E-state index < -0.39 is 24.3 Å². The van der Waals surface area contributed by atoms with Crippen molar-refractivity contribution in [3.8, 4) is 0 Å². The molecule has 1 fully saturated rings. The Kier molecular flexibility index (Phi) is 5.90. The predicted molar refractivity (Wildman–Crippen MR) is 74.1 cm³/mol. The number of hydrogen-bond acceptors (Lipinski definition) is 3. The largest absolute Gasteiger partial charge is 0.444 e. The van der Waals surface area contributed by atoms with Gasteiger partial charge in [0.1, 0.15) is 5.60 Å². The maximum atomic E-state index is 12.3. The van der Waals surface area contributed by atoms with Crippen molar-refractivity contribution in [1.82, 2.24) is 10.2 Å². The van der Waals surface area contributed by atoms with Crippen molar-refractivity contribution in [1.29, 1.82) is 0 Å². The summed E-state index contributed by atoms with van der Waals surface area (Å²) in [5.41, 5.74) is -0.562. The van der Waals surface area contributed by atoms with E-state index in [1.54, 1.807) is 32.7 Å². The molecule has 2 atom stereocenters. The number of carbonyl (C=O) groups is 1. The predicted octanol–water partition coefficient (Wildman–Crippen LogP) is 3.17. The Morgan fingerprint density at radius 2 is 2.00 bits per heavy atom. The van der Waals surface area contributed by atoms with E-state index in [-0.39, 0.29) is 18.4 Å². The molecule has 0 saturated carbocycles. The van der Waals surface area contributed by atoms with Crippen LogP contribution in [0.4, 0.5) is 18.0 Å². The molecule has 1 rings (SSSR count). The summed E-state index contributed by atoms with van der Waals surface area (Å²) in [6, 6.07) is -0.237. The van der Waals surface area contributed by atoms with Gasteiger partial charge in [-0.25, -0.2) is 4.79 Å². The van der Waals surface area contributed by atoms with Gasteiger partial charge >= 0.3 is 12.3 Å². The van der Waals surface area contributed by atoms with Crippen LogP contribution in [0.5, 0.6) is 0 Å². The molecule has 1 heterocycles. The van der Waals surface area contributed by atoms with Gasteiger partial charge < -0.3 is 15.0 Å². The highest BCUT2D eigenvalue weighted by atomic mass is 19.4. The van der Waals surface area contributed by atoms with Gasteiger partial charge in [-0.05, 0) is 46.6 Å². The lowest BCUT2D eigenvalue weighted by Crippen LogP contribution is -2.39. The summed E-state index contributed by atoms with van der Waals surface area (Å²) >= 11 is 0. The average Bonchev–Trinajstić information content (AvgIpc) is 2.75. The fraction of sp³-hybridized carbons (Fsp3) is 0.929. The minimum atomic E-state index is -4.14. The van der Waals surface area contributed by atoms with Crippen LogP contribution in [0.15, 0.2) is 0 Å². The first-order chi connectivity index (χ1) is 9.52. The van der Waals surface area contributed by atoms with Crippen molar-refractivity contribution in [2.75, 3.05) is 20.1 Å². The molecule has 21 heavy (non-hydrogen) atoms. The maximum Gasteiger partial charge on any atom is 0.410 e. The first-order valence-electron chi connectivity index (χ1n) is 7.24. The monoisotopic (exact) mass is 310 g/mol. The summed E-state index contributed by atoms with van der Waals surface area (Å²) in [6.45, 7) is 6.34. The number of amides is 1. The van der Waals surface area contributed by atoms with Crippen LogP contribution in [-0.4, -0.2) is 48.9 Å². The second-order valence-electron chi connectivity index (χ2n) is 6.52. The van der Waals surface area contributed by atoms with E-state index in [2.05, 4.69) is 5.32 Å². The van der Waals surface area contributed by atoms with Crippen LogP contribution in [0.1, 0.15) is 40.0 Å². The zero-order valence-corrected chi connectivity index (χ0v) is 13.1. The molecule has 124 valence electrons. The number of halogens is 3. The second-order valence-corrected chi connectivity index (χ2v) is 6.52. The summed E-state index contributed by atoms with van der Waals surface area (Å²) in [5, 5.41) is 2.95. The van der Waals surface area contributed by atoms with Crippen LogP contribution >= 0.6 is 0 Å². The fourth-order valence-electron chi connectivity index (χ4n) is 2.54. The summed E-state index contributed by atoms with van der Waals surface area (Å²) in [5.74, 6) is 0.0323. The zero-order valence-electron chi connectivity index (χ0n) is 13.1. The lowest BCUT2D eigenvalue weighted by atomic mass is 9.95. The molecule has 1 amide bonds. The van der Waals surface area contributed by atoms with Crippen molar-refractivity contribution < 1.29 is 22.7 Å². The van der Waals surface area contributed by atoms with Crippen LogP contribution in [0.25, 0.3) is 0 Å². The van der Waals surface area contributed by atoms with Crippen molar-refractivity contribution >= 4 is 6.09 Å². The molecule has 1 aliphatic rings. The molecule has 1 N–H and O–H groups in total. The van der Waals surface area contributed by atoms with Crippen LogP contribution < -0.4 is 5.32 Å². The molecule has 0 aliphatic carbocycles. The van der Waals surface area contributed by atoms with Crippen LogP contribution in [0.2, 0.25) is 0 Å². The van der Waals surface area contributed by atoms with Gasteiger partial charge in [0.2, 0.25) is 0 Å². The van der Waals surface area contributed by atoms with Gasteiger partial charge in [0.05, 0.1) is 0 Å². The van der Waals surface area contributed by atoms with Crippen molar-refractivity contribution in [2.24, 2.45) is 5.92 Å². The molecule has 0 spiro atoms. The highest BCUT2D eigenvalue weighted by Gasteiger charge is 2.35. The van der Waals surface area contributed by atoms with Crippen LogP contribution in [-0.2, 0) is 4.74 Å². The molecule has 7 heteroatoms. The van der Waals surface area contributed by atoms with E-state index in [9.17, 15) is 18.0 Å². The number of nitrogens with zero attached hydrogens (tertiary/aromatic N) is 1. The molecule has 1 saturated heterocycles. The van der Waals surface area contributed by atoms with E-state index in [1.807, 2.05) is 0 Å². The highest BCUT2D eigenvalue weighted by molar-refractivity contribution is 5.68. The smallest absolute Gasteiger partial charge is 0.410 e. The Hall–Kier alpha value is -0.980. The summed E-state index contributed by atoms with van der Waals surface area (Å²) in [7, 11) is 1.66. The van der Waals surface area contributed by atoms with Gasteiger partial charge in [-0.1, -0.05) is 0 Å². The van der Waals surface area contributed by atoms with E-state index in [4.69, 9.17) is 4.74 Å². The van der Waals surface area contributed by atoms with E-state index >= 15 is 0 Å². The molecule has 0 aromatic rings. The second kappa shape index (κ2) is 6.85. The van der Waals surface area contributed by atoms with Gasteiger partial charge in [0.15, 0.2) is 0 Å². The Labute approximate surface area is 124 Å². The molecule has 2 unspecified atom stereocenters. The number of alkyl halides is 3. The minimum Gasteiger partial charge on any atom is -0.444 e. The fourth-order valence-corrected chi connectivity index (χ4v) is 2.54. The molecule has 4 nitrogen and oxygen atoms in total. The van der Waals surface area contributed by atoms with E-state index in [0.29, 0.717) is 19.5 Å². The first-order valence-corrected chi connectivity index (χ1v) is 7.24. The zero-order chi connectivity index (χ0) is 16.3. The summed E-state index contributed by atoms with van der Waals surface area (Å²) in [6.07, 6.45) is -4.61. The minimum absolute atomic E-state index is 0.0323. The quantitative estimate of drug-likeness (QED) is 0.867. The summed E-state index contributed by atoms with van der Waals surface area (Å²) in [4.78, 5) is 13.5. The van der Waals surface area contributed by atoms with Gasteiger partial charge in [-0.3, -0.25) is 0 Å². The number of rotatable bonds is 4. The molecular formula is C14H25F3N2O2. The summed E-state index contributed by atoms with van der Waals surface area (Å²) < 4.78 is 42.2. The molecule has 0 bridgehead atoms. The van der Waals surface area contributed by atoms with Crippen LogP contribution in [0.3, 0.4) is 0 Å². The third-order valence-electron chi connectivity index (χ3n) is 3.56. The lowest BCUT2D eigenvalue weighted by Gasteiger charge is -2.26. The van der Waals surface area contributed by atoms with Gasteiger partial charge in [-0.15, -0.1) is 0 Å². The van der Waals surface area contributed by atoms with Crippen LogP contribution in [0, 0.1) is 5.92 Å². The Balaban J connectivity index is 2.49. The van der Waals surface area contributed by atoms with Gasteiger partial charge in [0.25, 0.3) is 0 Å². The molecule has 0 aromatic heterocycles. The molecule has 0 aromatic carbocycles. The normalized spacial score (nSPS) is 21.5. The standard InChI is InChI=1S/C14H25F3N2O2/c1-13(2,3)21-12(20)19-8-6-10(9-19)11(18-4)5-7-14(15,16)17/h10-11,18H,5-9H2,1-4H3. The third kappa shape index (κ3) is 6.54.